The van der Waals surface area contributed by atoms with Crippen LogP contribution in [0.25, 0.3) is 0 Å². The molecule has 0 aliphatic carbocycles. The predicted octanol–water partition coefficient (Wildman–Crippen LogP) is 2.93. The number of aliphatic carboxylic acids is 1. The molecule has 4 nitrogen and oxygen atoms in total. The number of carbonyl (C=O) groups is 2. The number of rotatable bonds is 7. The smallest absolute Gasteiger partial charge is 0.334 e. The second-order valence-electron chi connectivity index (χ2n) is 5.20. The third-order valence-corrected chi connectivity index (χ3v) is 3.75. The van der Waals surface area contributed by atoms with Crippen LogP contribution < -0.4 is 5.32 Å². The molecule has 0 fully saturated rings. The minimum Gasteiger partial charge on any atom is -0.479 e. The number of hydrogen-bond acceptors (Lipinski definition) is 2. The first kappa shape index (κ1) is 16.2. The van der Waals surface area contributed by atoms with Gasteiger partial charge in [0.25, 0.3) is 0 Å². The summed E-state index contributed by atoms with van der Waals surface area (Å²) < 4.78 is 0. The van der Waals surface area contributed by atoms with E-state index in [1.54, 1.807) is 31.2 Å². The molecule has 1 amide bonds. The first-order valence-electron chi connectivity index (χ1n) is 7.06. The van der Waals surface area contributed by atoms with Gasteiger partial charge in [-0.25, -0.2) is 4.79 Å². The summed E-state index contributed by atoms with van der Waals surface area (Å²) in [7, 11) is 0. The van der Waals surface area contributed by atoms with Crippen LogP contribution >= 0.6 is 0 Å². The van der Waals surface area contributed by atoms with Crippen molar-refractivity contribution in [1.82, 2.24) is 5.32 Å². The zero-order valence-electron chi connectivity index (χ0n) is 12.3. The molecule has 0 radical (unpaired) electrons. The minimum atomic E-state index is -1.34. The maximum absolute atomic E-state index is 12.1. The highest BCUT2D eigenvalue weighted by molar-refractivity contribution is 5.88. The van der Waals surface area contributed by atoms with Crippen molar-refractivity contribution in [2.24, 2.45) is 5.92 Å². The quantitative estimate of drug-likeness (QED) is 0.805. The maximum Gasteiger partial charge on any atom is 0.334 e. The summed E-state index contributed by atoms with van der Waals surface area (Å²) in [4.78, 5) is 23.8. The van der Waals surface area contributed by atoms with Crippen molar-refractivity contribution in [3.05, 3.63) is 35.9 Å². The number of carboxylic acid groups (broad SMARTS) is 1. The summed E-state index contributed by atoms with van der Waals surface area (Å²) in [5.74, 6) is -0.995. The van der Waals surface area contributed by atoms with E-state index in [1.165, 1.54) is 0 Å². The summed E-state index contributed by atoms with van der Waals surface area (Å²) in [6.45, 7) is 5.76. The Morgan fingerprint density at radius 3 is 2.30 bits per heavy atom. The third-order valence-electron chi connectivity index (χ3n) is 3.75. The van der Waals surface area contributed by atoms with E-state index in [0.717, 1.165) is 6.42 Å². The molecule has 1 rings (SSSR count). The second-order valence-corrected chi connectivity index (χ2v) is 5.20. The Balaban J connectivity index is 3.02. The van der Waals surface area contributed by atoms with Crippen LogP contribution in [0.15, 0.2) is 30.3 Å². The second kappa shape index (κ2) is 7.08. The Bertz CT molecular complexity index is 458. The monoisotopic (exact) mass is 277 g/mol. The summed E-state index contributed by atoms with van der Waals surface area (Å²) >= 11 is 0. The van der Waals surface area contributed by atoms with Crippen LogP contribution in [0.3, 0.4) is 0 Å². The van der Waals surface area contributed by atoms with E-state index in [9.17, 15) is 14.7 Å². The molecule has 0 saturated carbocycles. The lowest BCUT2D eigenvalue weighted by Gasteiger charge is -2.30. The lowest BCUT2D eigenvalue weighted by molar-refractivity contribution is -0.148. The molecule has 2 unspecified atom stereocenters. The van der Waals surface area contributed by atoms with E-state index < -0.39 is 11.5 Å². The Morgan fingerprint density at radius 2 is 1.85 bits per heavy atom. The van der Waals surface area contributed by atoms with Gasteiger partial charge in [-0.2, -0.15) is 0 Å². The fourth-order valence-corrected chi connectivity index (χ4v) is 2.17. The van der Waals surface area contributed by atoms with E-state index in [4.69, 9.17) is 0 Å². The maximum atomic E-state index is 12.1. The first-order valence-corrected chi connectivity index (χ1v) is 7.06. The van der Waals surface area contributed by atoms with Gasteiger partial charge in [-0.1, -0.05) is 57.5 Å². The largest absolute Gasteiger partial charge is 0.479 e. The average molecular weight is 277 g/mol. The standard InChI is InChI=1S/C16H23NO3/c1-4-12(3)11-14(18)17-16(5-2,15(19)20)13-9-7-6-8-10-13/h6-10,12H,4-5,11H2,1-3H3,(H,17,18)(H,19,20). The summed E-state index contributed by atoms with van der Waals surface area (Å²) in [6, 6.07) is 8.86. The van der Waals surface area contributed by atoms with Crippen molar-refractivity contribution in [3.8, 4) is 0 Å². The highest BCUT2D eigenvalue weighted by Crippen LogP contribution is 2.26. The lowest BCUT2D eigenvalue weighted by Crippen LogP contribution is -2.51. The van der Waals surface area contributed by atoms with Gasteiger partial charge in [0.15, 0.2) is 5.54 Å². The van der Waals surface area contributed by atoms with Gasteiger partial charge in [0, 0.05) is 6.42 Å². The highest BCUT2D eigenvalue weighted by atomic mass is 16.4. The van der Waals surface area contributed by atoms with Crippen LogP contribution in [0.5, 0.6) is 0 Å². The summed E-state index contributed by atoms with van der Waals surface area (Å²) in [5.41, 5.74) is -0.737. The molecule has 2 N–H and O–H groups in total. The van der Waals surface area contributed by atoms with Crippen molar-refractivity contribution in [3.63, 3.8) is 0 Å². The number of carbonyl (C=O) groups excluding carboxylic acids is 1. The Morgan fingerprint density at radius 1 is 1.25 bits per heavy atom. The first-order chi connectivity index (χ1) is 9.46. The van der Waals surface area contributed by atoms with Crippen LogP contribution in [-0.2, 0) is 15.1 Å². The molecular formula is C16H23NO3. The molecule has 20 heavy (non-hydrogen) atoms. The van der Waals surface area contributed by atoms with E-state index in [2.05, 4.69) is 5.32 Å². The van der Waals surface area contributed by atoms with Gasteiger partial charge in [0.05, 0.1) is 0 Å². The average Bonchev–Trinajstić information content (AvgIpc) is 2.45. The predicted molar refractivity (Wildman–Crippen MR) is 78.3 cm³/mol. The van der Waals surface area contributed by atoms with Crippen LogP contribution in [-0.4, -0.2) is 17.0 Å². The van der Waals surface area contributed by atoms with Gasteiger partial charge < -0.3 is 10.4 Å². The Labute approximate surface area is 120 Å². The molecule has 2 atom stereocenters. The number of amides is 1. The van der Waals surface area contributed by atoms with Gasteiger partial charge in [0.1, 0.15) is 0 Å². The van der Waals surface area contributed by atoms with Crippen LogP contribution in [0, 0.1) is 5.92 Å². The SMILES string of the molecule is CCC(C)CC(=O)NC(CC)(C(=O)O)c1ccccc1. The van der Waals surface area contributed by atoms with Gasteiger partial charge in [-0.05, 0) is 17.9 Å². The molecule has 4 heteroatoms. The van der Waals surface area contributed by atoms with Gasteiger partial charge in [-0.3, -0.25) is 4.79 Å². The van der Waals surface area contributed by atoms with Crippen LogP contribution in [0.2, 0.25) is 0 Å². The minimum absolute atomic E-state index is 0.215. The lowest BCUT2D eigenvalue weighted by atomic mass is 9.86. The fourth-order valence-electron chi connectivity index (χ4n) is 2.17. The van der Waals surface area contributed by atoms with Crippen molar-refractivity contribution < 1.29 is 14.7 Å². The van der Waals surface area contributed by atoms with E-state index in [0.29, 0.717) is 18.4 Å². The number of nitrogens with one attached hydrogen (secondary N) is 1. The number of benzene rings is 1. The van der Waals surface area contributed by atoms with Gasteiger partial charge in [0.2, 0.25) is 5.91 Å². The normalized spacial score (nSPS) is 15.2. The molecule has 0 spiro atoms. The van der Waals surface area contributed by atoms with Crippen molar-refractivity contribution in [1.29, 1.82) is 0 Å². The topological polar surface area (TPSA) is 66.4 Å². The van der Waals surface area contributed by atoms with Crippen molar-refractivity contribution >= 4 is 11.9 Å². The highest BCUT2D eigenvalue weighted by Gasteiger charge is 2.40. The molecule has 0 heterocycles. The van der Waals surface area contributed by atoms with Crippen molar-refractivity contribution in [2.75, 3.05) is 0 Å². The molecule has 0 aliphatic heterocycles. The summed E-state index contributed by atoms with van der Waals surface area (Å²) in [6.07, 6.45) is 1.54. The van der Waals surface area contributed by atoms with E-state index in [1.807, 2.05) is 19.9 Å². The Hall–Kier alpha value is -1.84. The third kappa shape index (κ3) is 3.59. The Kier molecular flexibility index (Phi) is 5.74. The molecule has 0 saturated heterocycles. The zero-order chi connectivity index (χ0) is 15.2. The van der Waals surface area contributed by atoms with E-state index in [-0.39, 0.29) is 11.8 Å². The van der Waals surface area contributed by atoms with Gasteiger partial charge >= 0.3 is 5.97 Å². The molecule has 1 aromatic carbocycles. The fraction of sp³-hybridized carbons (Fsp3) is 0.500. The molecule has 0 bridgehead atoms. The number of carboxylic acids is 1. The van der Waals surface area contributed by atoms with Crippen LogP contribution in [0.4, 0.5) is 0 Å². The summed E-state index contributed by atoms with van der Waals surface area (Å²) in [5, 5.41) is 12.3. The van der Waals surface area contributed by atoms with Crippen molar-refractivity contribution in [2.45, 2.75) is 45.6 Å². The molecular weight excluding hydrogens is 254 g/mol. The van der Waals surface area contributed by atoms with E-state index >= 15 is 0 Å². The molecule has 0 aliphatic rings. The molecule has 0 aromatic heterocycles. The zero-order valence-corrected chi connectivity index (χ0v) is 12.3. The van der Waals surface area contributed by atoms with Crippen LogP contribution in [0.1, 0.15) is 45.6 Å². The molecule has 110 valence electrons. The molecule has 1 aromatic rings. The van der Waals surface area contributed by atoms with Gasteiger partial charge in [-0.15, -0.1) is 0 Å². The number of hydrogen-bond donors (Lipinski definition) is 2.